The Kier molecular flexibility index (Phi) is 4.29. The maximum atomic E-state index is 11.4. The van der Waals surface area contributed by atoms with Crippen LogP contribution in [0, 0.1) is 13.8 Å². The summed E-state index contributed by atoms with van der Waals surface area (Å²) in [5.41, 5.74) is 9.74. The third-order valence-electron chi connectivity index (χ3n) is 2.78. The molecule has 100 valence electrons. The normalized spacial score (nSPS) is 10.5. The van der Waals surface area contributed by atoms with Crippen molar-refractivity contribution < 1.29 is 4.79 Å². The molecular formula is C14H17N3OS. The highest BCUT2D eigenvalue weighted by Crippen LogP contribution is 2.27. The summed E-state index contributed by atoms with van der Waals surface area (Å²) in [4.78, 5) is 15.9. The molecule has 0 atom stereocenters. The molecular weight excluding hydrogens is 258 g/mol. The van der Waals surface area contributed by atoms with Crippen molar-refractivity contribution in [2.24, 2.45) is 5.73 Å². The fourth-order valence-electron chi connectivity index (χ4n) is 1.87. The van der Waals surface area contributed by atoms with Crippen LogP contribution in [0.1, 0.15) is 17.5 Å². The van der Waals surface area contributed by atoms with Gasteiger partial charge in [0.25, 0.3) is 0 Å². The number of nitrogens with one attached hydrogen (secondary N) is 1. The second-order valence-electron chi connectivity index (χ2n) is 4.44. The van der Waals surface area contributed by atoms with E-state index in [2.05, 4.69) is 42.3 Å². The van der Waals surface area contributed by atoms with E-state index < -0.39 is 0 Å². The summed E-state index contributed by atoms with van der Waals surface area (Å²) in [5, 5.41) is 5.33. The van der Waals surface area contributed by atoms with Gasteiger partial charge in [0.2, 0.25) is 5.91 Å². The number of anilines is 1. The number of nitrogens with zero attached hydrogens (tertiary/aromatic N) is 1. The highest BCUT2D eigenvalue weighted by atomic mass is 32.1. The Hall–Kier alpha value is -1.72. The minimum absolute atomic E-state index is 0.0935. The number of hydrogen-bond donors (Lipinski definition) is 2. The monoisotopic (exact) mass is 275 g/mol. The fraction of sp³-hybridized carbons (Fsp3) is 0.286. The molecule has 19 heavy (non-hydrogen) atoms. The van der Waals surface area contributed by atoms with Crippen molar-refractivity contribution in [3.8, 4) is 11.3 Å². The molecule has 4 nitrogen and oxygen atoms in total. The van der Waals surface area contributed by atoms with Gasteiger partial charge in [-0.2, -0.15) is 0 Å². The Morgan fingerprint density at radius 2 is 2.21 bits per heavy atom. The molecule has 2 rings (SSSR count). The van der Waals surface area contributed by atoms with Crippen LogP contribution in [0.2, 0.25) is 0 Å². The molecule has 0 saturated carbocycles. The average Bonchev–Trinajstić information content (AvgIpc) is 2.77. The zero-order valence-electron chi connectivity index (χ0n) is 11.1. The average molecular weight is 275 g/mol. The number of amides is 1. The van der Waals surface area contributed by atoms with Gasteiger partial charge in [0.1, 0.15) is 0 Å². The summed E-state index contributed by atoms with van der Waals surface area (Å²) in [7, 11) is 0. The molecule has 0 saturated heterocycles. The molecule has 0 bridgehead atoms. The van der Waals surface area contributed by atoms with Crippen molar-refractivity contribution in [3.05, 3.63) is 34.7 Å². The van der Waals surface area contributed by atoms with Crippen molar-refractivity contribution >= 4 is 22.4 Å². The number of nitrogens with two attached hydrogens (primary N) is 1. The Morgan fingerprint density at radius 3 is 2.89 bits per heavy atom. The lowest BCUT2D eigenvalue weighted by Crippen LogP contribution is -2.15. The van der Waals surface area contributed by atoms with Gasteiger partial charge in [-0.1, -0.05) is 23.8 Å². The van der Waals surface area contributed by atoms with Crippen molar-refractivity contribution in [1.29, 1.82) is 0 Å². The molecule has 0 radical (unpaired) electrons. The molecule has 0 aliphatic rings. The lowest BCUT2D eigenvalue weighted by molar-refractivity contribution is -0.116. The predicted octanol–water partition coefficient (Wildman–Crippen LogP) is 2.71. The van der Waals surface area contributed by atoms with E-state index in [1.807, 2.05) is 5.38 Å². The number of carbonyl (C=O) groups excluding carboxylic acids is 1. The minimum Gasteiger partial charge on any atom is -0.330 e. The molecule has 1 heterocycles. The summed E-state index contributed by atoms with van der Waals surface area (Å²) < 4.78 is 0. The highest BCUT2D eigenvalue weighted by Gasteiger charge is 2.09. The molecule has 0 fully saturated rings. The number of thiazole rings is 1. The molecule has 0 spiro atoms. The molecule has 0 aliphatic carbocycles. The number of aromatic nitrogens is 1. The van der Waals surface area contributed by atoms with Crippen molar-refractivity contribution in [3.63, 3.8) is 0 Å². The molecule has 3 N–H and O–H groups in total. The topological polar surface area (TPSA) is 68.0 Å². The van der Waals surface area contributed by atoms with E-state index in [0.717, 1.165) is 11.3 Å². The molecule has 5 heteroatoms. The van der Waals surface area contributed by atoms with Gasteiger partial charge < -0.3 is 11.1 Å². The number of aryl methyl sites for hydroxylation is 2. The van der Waals surface area contributed by atoms with Crippen LogP contribution in [0.4, 0.5) is 5.13 Å². The van der Waals surface area contributed by atoms with Gasteiger partial charge in [-0.3, -0.25) is 4.79 Å². The summed E-state index contributed by atoms with van der Waals surface area (Å²) in [6, 6.07) is 6.25. The summed E-state index contributed by atoms with van der Waals surface area (Å²) in [6.07, 6.45) is 0.318. The Labute approximate surface area is 116 Å². The molecule has 1 aromatic carbocycles. The Morgan fingerprint density at radius 1 is 1.42 bits per heavy atom. The second-order valence-corrected chi connectivity index (χ2v) is 5.30. The van der Waals surface area contributed by atoms with E-state index in [4.69, 9.17) is 5.73 Å². The minimum atomic E-state index is -0.0935. The van der Waals surface area contributed by atoms with Crippen molar-refractivity contribution in [2.75, 3.05) is 11.9 Å². The number of benzene rings is 1. The Balaban J connectivity index is 2.18. The van der Waals surface area contributed by atoms with Crippen molar-refractivity contribution in [2.45, 2.75) is 20.3 Å². The third kappa shape index (κ3) is 3.39. The van der Waals surface area contributed by atoms with Gasteiger partial charge in [-0.15, -0.1) is 11.3 Å². The number of hydrogen-bond acceptors (Lipinski definition) is 4. The number of rotatable bonds is 4. The fourth-order valence-corrected chi connectivity index (χ4v) is 2.60. The smallest absolute Gasteiger partial charge is 0.227 e. The van der Waals surface area contributed by atoms with Gasteiger partial charge in [-0.05, 0) is 19.4 Å². The first-order chi connectivity index (χ1) is 9.10. The third-order valence-corrected chi connectivity index (χ3v) is 3.54. The zero-order valence-corrected chi connectivity index (χ0v) is 11.9. The Bertz CT molecular complexity index is 592. The maximum absolute atomic E-state index is 11.4. The van der Waals surface area contributed by atoms with Crippen LogP contribution in [-0.2, 0) is 4.79 Å². The molecule has 0 aliphatic heterocycles. The quantitative estimate of drug-likeness (QED) is 0.901. The van der Waals surface area contributed by atoms with E-state index >= 15 is 0 Å². The SMILES string of the molecule is Cc1ccc(-c2csc(NC(=O)CCN)n2)c(C)c1. The molecule has 1 amide bonds. The van der Waals surface area contributed by atoms with Crippen LogP contribution in [0.25, 0.3) is 11.3 Å². The van der Waals surface area contributed by atoms with Crippen LogP contribution >= 0.6 is 11.3 Å². The van der Waals surface area contributed by atoms with E-state index in [1.54, 1.807) is 0 Å². The van der Waals surface area contributed by atoms with Crippen LogP contribution < -0.4 is 11.1 Å². The van der Waals surface area contributed by atoms with E-state index in [1.165, 1.54) is 22.5 Å². The molecule has 1 aromatic heterocycles. The molecule has 0 unspecified atom stereocenters. The summed E-state index contributed by atoms with van der Waals surface area (Å²) in [6.45, 7) is 4.48. The van der Waals surface area contributed by atoms with E-state index in [-0.39, 0.29) is 5.91 Å². The summed E-state index contributed by atoms with van der Waals surface area (Å²) >= 11 is 1.43. The standard InChI is InChI=1S/C14H17N3OS/c1-9-3-4-11(10(2)7-9)12-8-19-14(16-12)17-13(18)5-6-15/h3-4,7-8H,5-6,15H2,1-2H3,(H,16,17,18). The summed E-state index contributed by atoms with van der Waals surface area (Å²) in [5.74, 6) is -0.0935. The van der Waals surface area contributed by atoms with Gasteiger partial charge in [0.05, 0.1) is 5.69 Å². The molecule has 2 aromatic rings. The van der Waals surface area contributed by atoms with Gasteiger partial charge in [0, 0.05) is 23.9 Å². The largest absolute Gasteiger partial charge is 0.330 e. The van der Waals surface area contributed by atoms with Gasteiger partial charge >= 0.3 is 0 Å². The van der Waals surface area contributed by atoms with E-state index in [9.17, 15) is 4.79 Å². The van der Waals surface area contributed by atoms with Crippen molar-refractivity contribution in [1.82, 2.24) is 4.98 Å². The lowest BCUT2D eigenvalue weighted by Gasteiger charge is -2.03. The predicted molar refractivity (Wildman–Crippen MR) is 79.3 cm³/mol. The zero-order chi connectivity index (χ0) is 13.8. The first-order valence-corrected chi connectivity index (χ1v) is 7.01. The first kappa shape index (κ1) is 13.7. The van der Waals surface area contributed by atoms with E-state index in [0.29, 0.717) is 18.1 Å². The van der Waals surface area contributed by atoms with Crippen LogP contribution in [0.15, 0.2) is 23.6 Å². The van der Waals surface area contributed by atoms with Gasteiger partial charge in [-0.25, -0.2) is 4.98 Å². The van der Waals surface area contributed by atoms with Gasteiger partial charge in [0.15, 0.2) is 5.13 Å². The lowest BCUT2D eigenvalue weighted by atomic mass is 10.0. The maximum Gasteiger partial charge on any atom is 0.227 e. The first-order valence-electron chi connectivity index (χ1n) is 6.13. The second kappa shape index (κ2) is 5.95. The highest BCUT2D eigenvalue weighted by molar-refractivity contribution is 7.14. The van der Waals surface area contributed by atoms with Crippen LogP contribution in [-0.4, -0.2) is 17.4 Å². The van der Waals surface area contributed by atoms with Crippen LogP contribution in [0.3, 0.4) is 0 Å². The van der Waals surface area contributed by atoms with Crippen LogP contribution in [0.5, 0.6) is 0 Å². The number of carbonyl (C=O) groups is 1.